The van der Waals surface area contributed by atoms with Crippen LogP contribution < -0.4 is 4.90 Å². The zero-order chi connectivity index (χ0) is 20.7. The molecule has 1 fully saturated rings. The van der Waals surface area contributed by atoms with Gasteiger partial charge in [0.15, 0.2) is 5.58 Å². The molecule has 2 heteroatoms. The van der Waals surface area contributed by atoms with Crippen molar-refractivity contribution in [2.75, 3.05) is 11.9 Å². The van der Waals surface area contributed by atoms with E-state index in [1.165, 1.54) is 59.7 Å². The molecule has 154 valence electrons. The molecule has 5 rings (SSSR count). The van der Waals surface area contributed by atoms with Crippen LogP contribution in [0.4, 0.5) is 11.4 Å². The fourth-order valence-electron chi connectivity index (χ4n) is 5.23. The van der Waals surface area contributed by atoms with E-state index in [2.05, 4.69) is 86.5 Å². The van der Waals surface area contributed by atoms with Gasteiger partial charge < -0.3 is 9.32 Å². The molecule has 4 aromatic rings. The second-order valence-electron chi connectivity index (χ2n) is 9.09. The number of hydrogen-bond donors (Lipinski definition) is 0. The van der Waals surface area contributed by atoms with E-state index in [1.54, 1.807) is 0 Å². The van der Waals surface area contributed by atoms with Crippen LogP contribution in [0.1, 0.15) is 68.9 Å². The highest BCUT2D eigenvalue weighted by atomic mass is 16.3. The highest BCUT2D eigenvalue weighted by molar-refractivity contribution is 6.10. The third-order valence-electron chi connectivity index (χ3n) is 6.86. The van der Waals surface area contributed by atoms with Crippen molar-refractivity contribution in [3.8, 4) is 0 Å². The minimum Gasteiger partial charge on any atom is -0.454 e. The van der Waals surface area contributed by atoms with E-state index in [4.69, 9.17) is 4.42 Å². The van der Waals surface area contributed by atoms with Crippen LogP contribution in [0.25, 0.3) is 21.9 Å². The molecule has 30 heavy (non-hydrogen) atoms. The normalized spacial score (nSPS) is 15.3. The summed E-state index contributed by atoms with van der Waals surface area (Å²) >= 11 is 0. The van der Waals surface area contributed by atoms with Crippen molar-refractivity contribution in [2.24, 2.45) is 0 Å². The number of nitrogens with zero attached hydrogens (tertiary/aromatic N) is 1. The maximum Gasteiger partial charge on any atom is 0.159 e. The van der Waals surface area contributed by atoms with Crippen LogP contribution in [0, 0.1) is 0 Å². The van der Waals surface area contributed by atoms with Crippen LogP contribution in [-0.4, -0.2) is 7.05 Å². The lowest BCUT2D eigenvalue weighted by molar-refractivity contribution is 0.444. The number of hydrogen-bond acceptors (Lipinski definition) is 2. The van der Waals surface area contributed by atoms with Gasteiger partial charge in [0.25, 0.3) is 0 Å². The molecule has 0 radical (unpaired) electrons. The second-order valence-corrected chi connectivity index (χ2v) is 9.09. The topological polar surface area (TPSA) is 16.4 Å². The van der Waals surface area contributed by atoms with E-state index in [1.807, 2.05) is 0 Å². The Morgan fingerprint density at radius 3 is 2.20 bits per heavy atom. The van der Waals surface area contributed by atoms with Gasteiger partial charge in [-0.3, -0.25) is 0 Å². The SMILES string of the molecule is CC(C)c1cccc2c1oc1c(N(C)c3ccccc3C3CCCCC3)cccc12. The molecule has 0 spiro atoms. The lowest BCUT2D eigenvalue weighted by Gasteiger charge is -2.29. The van der Waals surface area contributed by atoms with Crippen LogP contribution in [-0.2, 0) is 0 Å². The van der Waals surface area contributed by atoms with Gasteiger partial charge in [-0.05, 0) is 47.9 Å². The quantitative estimate of drug-likeness (QED) is 0.343. The molecule has 0 aliphatic heterocycles. The number of rotatable bonds is 4. The largest absolute Gasteiger partial charge is 0.454 e. The Hall–Kier alpha value is -2.74. The summed E-state index contributed by atoms with van der Waals surface area (Å²) in [6.07, 6.45) is 6.68. The van der Waals surface area contributed by atoms with E-state index in [0.717, 1.165) is 16.9 Å². The zero-order valence-corrected chi connectivity index (χ0v) is 18.3. The average molecular weight is 398 g/mol. The van der Waals surface area contributed by atoms with Gasteiger partial charge in [-0.1, -0.05) is 81.6 Å². The molecule has 0 bridgehead atoms. The summed E-state index contributed by atoms with van der Waals surface area (Å²) in [6.45, 7) is 4.46. The molecule has 1 aliphatic carbocycles. The van der Waals surface area contributed by atoms with Crippen molar-refractivity contribution in [1.82, 2.24) is 0 Å². The van der Waals surface area contributed by atoms with Crippen LogP contribution in [0.5, 0.6) is 0 Å². The van der Waals surface area contributed by atoms with Crippen LogP contribution in [0.2, 0.25) is 0 Å². The van der Waals surface area contributed by atoms with E-state index < -0.39 is 0 Å². The lowest BCUT2D eigenvalue weighted by atomic mass is 9.83. The molecule has 1 aliphatic rings. The average Bonchev–Trinajstić information content (AvgIpc) is 3.18. The van der Waals surface area contributed by atoms with Gasteiger partial charge in [0.1, 0.15) is 5.58 Å². The molecule has 1 heterocycles. The number of fused-ring (bicyclic) bond motifs is 3. The maximum absolute atomic E-state index is 6.56. The molecule has 0 N–H and O–H groups in total. The molecular weight excluding hydrogens is 366 g/mol. The highest BCUT2D eigenvalue weighted by Gasteiger charge is 2.22. The van der Waals surface area contributed by atoms with Crippen molar-refractivity contribution in [2.45, 2.75) is 57.8 Å². The van der Waals surface area contributed by atoms with Gasteiger partial charge in [-0.25, -0.2) is 0 Å². The smallest absolute Gasteiger partial charge is 0.159 e. The van der Waals surface area contributed by atoms with Gasteiger partial charge in [-0.15, -0.1) is 0 Å². The predicted molar refractivity (Wildman–Crippen MR) is 128 cm³/mol. The predicted octanol–water partition coefficient (Wildman–Crippen LogP) is 8.53. The summed E-state index contributed by atoms with van der Waals surface area (Å²) in [6, 6.07) is 22.0. The third kappa shape index (κ3) is 3.19. The second kappa shape index (κ2) is 7.83. The summed E-state index contributed by atoms with van der Waals surface area (Å²) in [5, 5.41) is 2.42. The molecule has 1 aromatic heterocycles. The fourth-order valence-corrected chi connectivity index (χ4v) is 5.23. The summed E-state index contributed by atoms with van der Waals surface area (Å²) in [5.41, 5.74) is 7.23. The van der Waals surface area contributed by atoms with Gasteiger partial charge in [0, 0.05) is 23.5 Å². The van der Waals surface area contributed by atoms with E-state index in [0.29, 0.717) is 11.8 Å². The molecule has 3 aromatic carbocycles. The molecule has 0 saturated heterocycles. The first kappa shape index (κ1) is 19.2. The van der Waals surface area contributed by atoms with Crippen LogP contribution >= 0.6 is 0 Å². The van der Waals surface area contributed by atoms with Crippen LogP contribution in [0.15, 0.2) is 65.1 Å². The van der Waals surface area contributed by atoms with Crippen molar-refractivity contribution in [3.63, 3.8) is 0 Å². The lowest BCUT2D eigenvalue weighted by Crippen LogP contribution is -2.15. The minimum absolute atomic E-state index is 0.433. The van der Waals surface area contributed by atoms with Gasteiger partial charge in [0.2, 0.25) is 0 Å². The van der Waals surface area contributed by atoms with Gasteiger partial charge in [0.05, 0.1) is 5.69 Å². The molecule has 2 nitrogen and oxygen atoms in total. The van der Waals surface area contributed by atoms with Crippen LogP contribution in [0.3, 0.4) is 0 Å². The van der Waals surface area contributed by atoms with Crippen molar-refractivity contribution < 1.29 is 4.42 Å². The summed E-state index contributed by atoms with van der Waals surface area (Å²) in [4.78, 5) is 2.34. The Bertz CT molecular complexity index is 1180. The Kier molecular flexibility index (Phi) is 5.02. The third-order valence-corrected chi connectivity index (χ3v) is 6.86. The number of benzene rings is 3. The zero-order valence-electron chi connectivity index (χ0n) is 18.3. The maximum atomic E-state index is 6.56. The van der Waals surface area contributed by atoms with Crippen molar-refractivity contribution in [1.29, 1.82) is 0 Å². The number of anilines is 2. The van der Waals surface area contributed by atoms with E-state index >= 15 is 0 Å². The van der Waals surface area contributed by atoms with E-state index in [-0.39, 0.29) is 0 Å². The fraction of sp³-hybridized carbons (Fsp3) is 0.357. The molecule has 0 atom stereocenters. The Morgan fingerprint density at radius 2 is 1.43 bits per heavy atom. The molecular formula is C28H31NO. The van der Waals surface area contributed by atoms with Gasteiger partial charge in [-0.2, -0.15) is 0 Å². The Labute approximate surface area is 179 Å². The van der Waals surface area contributed by atoms with E-state index in [9.17, 15) is 0 Å². The first-order valence-electron chi connectivity index (χ1n) is 11.4. The number of furan rings is 1. The first-order chi connectivity index (χ1) is 14.6. The minimum atomic E-state index is 0.433. The Morgan fingerprint density at radius 1 is 0.767 bits per heavy atom. The highest BCUT2D eigenvalue weighted by Crippen LogP contribution is 2.43. The van der Waals surface area contributed by atoms with Crippen molar-refractivity contribution >= 4 is 33.3 Å². The Balaban J connectivity index is 1.65. The summed E-state index contributed by atoms with van der Waals surface area (Å²) in [7, 11) is 2.19. The monoisotopic (exact) mass is 397 g/mol. The number of para-hydroxylation sites is 3. The molecule has 1 saturated carbocycles. The molecule has 0 unspecified atom stereocenters. The summed E-state index contributed by atoms with van der Waals surface area (Å²) in [5.74, 6) is 1.10. The molecule has 0 amide bonds. The standard InChI is InChI=1S/C28H31NO/c1-19(2)21-14-9-15-23-24-16-10-18-26(28(24)30-27(21)23)29(3)25-17-8-7-13-22(25)20-11-5-4-6-12-20/h7-10,13-20H,4-6,11-12H2,1-3H3. The summed E-state index contributed by atoms with van der Waals surface area (Å²) < 4.78 is 6.56. The van der Waals surface area contributed by atoms with Crippen molar-refractivity contribution in [3.05, 3.63) is 71.8 Å². The van der Waals surface area contributed by atoms with Gasteiger partial charge >= 0.3 is 0 Å². The first-order valence-corrected chi connectivity index (χ1v) is 11.4.